The van der Waals surface area contributed by atoms with E-state index in [1.165, 1.54) is 54.0 Å². The number of anilines is 2. The van der Waals surface area contributed by atoms with Gasteiger partial charge in [0, 0.05) is 48.0 Å². The lowest BCUT2D eigenvalue weighted by atomic mass is 10.1. The second-order valence-electron chi connectivity index (χ2n) is 8.35. The van der Waals surface area contributed by atoms with E-state index in [0.29, 0.717) is 16.8 Å². The second-order valence-corrected chi connectivity index (χ2v) is 8.35. The Balaban J connectivity index is 1.54. The molecule has 196 valence electrons. The van der Waals surface area contributed by atoms with Crippen LogP contribution in [0, 0.1) is 11.6 Å². The Morgan fingerprint density at radius 1 is 0.974 bits per heavy atom. The molecule has 1 atom stereocenters. The van der Waals surface area contributed by atoms with Crippen LogP contribution in [0.5, 0.6) is 11.5 Å². The number of allylic oxidation sites excluding steroid dienone is 1. The third-order valence-electron chi connectivity index (χ3n) is 5.71. The summed E-state index contributed by atoms with van der Waals surface area (Å²) in [4.78, 5) is 25.8. The van der Waals surface area contributed by atoms with Crippen molar-refractivity contribution < 1.29 is 28.2 Å². The Bertz CT molecular complexity index is 1530. The number of nitrogens with zero attached hydrogens (tertiary/aromatic N) is 2. The molecule has 11 heteroatoms. The van der Waals surface area contributed by atoms with Crippen molar-refractivity contribution in [2.24, 2.45) is 0 Å². The van der Waals surface area contributed by atoms with Gasteiger partial charge in [0.15, 0.2) is 17.3 Å². The molecule has 4 N–H and O–H groups in total. The van der Waals surface area contributed by atoms with Crippen molar-refractivity contribution in [3.8, 4) is 11.5 Å². The average molecular weight is 522 g/mol. The normalized spacial score (nSPS) is 12.5. The zero-order chi connectivity index (χ0) is 27.4. The van der Waals surface area contributed by atoms with Gasteiger partial charge in [0.1, 0.15) is 16.9 Å². The summed E-state index contributed by atoms with van der Waals surface area (Å²) >= 11 is 0. The molecule has 0 radical (unpaired) electrons. The molecule has 0 bridgehead atoms. The maximum Gasteiger partial charge on any atom is 0.263 e. The van der Waals surface area contributed by atoms with Crippen LogP contribution in [-0.2, 0) is 9.59 Å². The average Bonchev–Trinajstić information content (AvgIpc) is 3.32. The molecule has 4 rings (SSSR count). The van der Waals surface area contributed by atoms with E-state index in [1.54, 1.807) is 32.3 Å². The van der Waals surface area contributed by atoms with Crippen molar-refractivity contribution in [1.29, 1.82) is 0 Å². The van der Waals surface area contributed by atoms with E-state index in [-0.39, 0.29) is 28.5 Å². The molecule has 0 fully saturated rings. The fraction of sp³-hybridized carbons (Fsp3) is 0.148. The lowest BCUT2D eigenvalue weighted by molar-refractivity contribution is -0.118. The maximum absolute atomic E-state index is 15.0. The Morgan fingerprint density at radius 3 is 2.26 bits per heavy atom. The Hall–Kier alpha value is -4.77. The summed E-state index contributed by atoms with van der Waals surface area (Å²) in [7, 11) is 1.55. The Morgan fingerprint density at radius 2 is 1.63 bits per heavy atom. The van der Waals surface area contributed by atoms with Gasteiger partial charge in [-0.1, -0.05) is 0 Å². The van der Waals surface area contributed by atoms with Crippen LogP contribution in [-0.4, -0.2) is 33.6 Å². The molecule has 2 amide bonds. The summed E-state index contributed by atoms with van der Waals surface area (Å²) in [5, 5.41) is 22.0. The molecule has 2 aromatic carbocycles. The number of carbonyl (C=O) groups is 2. The molecule has 0 aliphatic carbocycles. The zero-order valence-electron chi connectivity index (χ0n) is 20.8. The fourth-order valence-electron chi connectivity index (χ4n) is 3.73. The van der Waals surface area contributed by atoms with Gasteiger partial charge in [-0.2, -0.15) is 5.10 Å². The lowest BCUT2D eigenvalue weighted by Crippen LogP contribution is -2.29. The third kappa shape index (κ3) is 5.62. The molecule has 0 spiro atoms. The van der Waals surface area contributed by atoms with E-state index in [1.807, 2.05) is 0 Å². The second kappa shape index (κ2) is 11.1. The SMILES string of the molecule is CN/C(C)=C(\C(=O)Nc1ccc(F)cc1)C(=O)Nc1ccc(Oc2ccnn3ccc(C(C)O)c23)c(F)c1. The predicted octanol–water partition coefficient (Wildman–Crippen LogP) is 4.53. The molecule has 38 heavy (non-hydrogen) atoms. The smallest absolute Gasteiger partial charge is 0.263 e. The molecular formula is C27H25F2N5O4. The molecule has 4 aromatic rings. The highest BCUT2D eigenvalue weighted by Crippen LogP contribution is 2.33. The third-order valence-corrected chi connectivity index (χ3v) is 5.71. The minimum absolute atomic E-state index is 0.0862. The van der Waals surface area contributed by atoms with E-state index in [0.717, 1.165) is 6.07 Å². The highest BCUT2D eigenvalue weighted by atomic mass is 19.1. The van der Waals surface area contributed by atoms with E-state index in [9.17, 15) is 23.5 Å². The van der Waals surface area contributed by atoms with Crippen molar-refractivity contribution in [2.75, 3.05) is 17.7 Å². The summed E-state index contributed by atoms with van der Waals surface area (Å²) in [6, 6.07) is 12.1. The standard InChI is InChI=1S/C27H25F2N5O4/c1-15(30-3)24(26(36)32-18-6-4-17(28)5-7-18)27(37)33-19-8-9-22(21(29)14-19)38-23-10-12-31-34-13-11-20(16(2)35)25(23)34/h4-14,16,30,35H,1-3H3,(H,32,36)(H,33,37)/b24-15+. The highest BCUT2D eigenvalue weighted by molar-refractivity contribution is 6.26. The van der Waals surface area contributed by atoms with E-state index in [4.69, 9.17) is 4.74 Å². The summed E-state index contributed by atoms with van der Waals surface area (Å²) in [6.45, 7) is 3.14. The number of aliphatic hydroxyl groups excluding tert-OH is 1. The molecule has 2 heterocycles. The summed E-state index contributed by atoms with van der Waals surface area (Å²) in [5.41, 5.74) is 1.47. The van der Waals surface area contributed by atoms with Crippen LogP contribution in [0.2, 0.25) is 0 Å². The number of hydrogen-bond donors (Lipinski definition) is 4. The lowest BCUT2D eigenvalue weighted by Gasteiger charge is -2.14. The molecule has 0 saturated carbocycles. The van der Waals surface area contributed by atoms with Crippen molar-refractivity contribution in [2.45, 2.75) is 20.0 Å². The number of rotatable bonds is 8. The van der Waals surface area contributed by atoms with Gasteiger partial charge in [-0.05, 0) is 56.3 Å². The van der Waals surface area contributed by atoms with Gasteiger partial charge in [0.05, 0.1) is 12.3 Å². The first-order chi connectivity index (χ1) is 18.2. The Kier molecular flexibility index (Phi) is 7.68. The number of halogens is 2. The number of carbonyl (C=O) groups excluding carboxylic acids is 2. The first-order valence-electron chi connectivity index (χ1n) is 11.6. The van der Waals surface area contributed by atoms with Crippen LogP contribution in [0.25, 0.3) is 5.52 Å². The number of aromatic nitrogens is 2. The topological polar surface area (TPSA) is 117 Å². The van der Waals surface area contributed by atoms with Crippen molar-refractivity contribution in [3.05, 3.63) is 95.5 Å². The zero-order valence-corrected chi connectivity index (χ0v) is 20.8. The Labute approximate surface area is 216 Å². The number of amides is 2. The fourth-order valence-corrected chi connectivity index (χ4v) is 3.73. The molecule has 9 nitrogen and oxygen atoms in total. The number of aliphatic hydroxyl groups is 1. The number of hydrogen-bond acceptors (Lipinski definition) is 6. The van der Waals surface area contributed by atoms with Gasteiger partial charge in [-0.15, -0.1) is 0 Å². The first kappa shape index (κ1) is 26.3. The summed E-state index contributed by atoms with van der Waals surface area (Å²) < 4.78 is 35.5. The van der Waals surface area contributed by atoms with Crippen LogP contribution in [0.1, 0.15) is 25.5 Å². The van der Waals surface area contributed by atoms with Gasteiger partial charge in [-0.3, -0.25) is 9.59 Å². The van der Waals surface area contributed by atoms with Crippen molar-refractivity contribution in [1.82, 2.24) is 14.9 Å². The number of fused-ring (bicyclic) bond motifs is 1. The maximum atomic E-state index is 15.0. The van der Waals surface area contributed by atoms with Crippen molar-refractivity contribution >= 4 is 28.7 Å². The quantitative estimate of drug-likeness (QED) is 0.154. The molecule has 2 aromatic heterocycles. The molecule has 0 aliphatic rings. The number of nitrogens with one attached hydrogen (secondary N) is 3. The minimum Gasteiger partial charge on any atom is -0.452 e. The van der Waals surface area contributed by atoms with E-state index < -0.39 is 29.6 Å². The molecule has 1 unspecified atom stereocenters. The summed E-state index contributed by atoms with van der Waals surface area (Å²) in [6.07, 6.45) is 2.34. The number of benzene rings is 2. The molecule has 0 saturated heterocycles. The molecule has 0 aliphatic heterocycles. The summed E-state index contributed by atoms with van der Waals surface area (Å²) in [5.74, 6) is -2.59. The minimum atomic E-state index is -0.794. The highest BCUT2D eigenvalue weighted by Gasteiger charge is 2.22. The predicted molar refractivity (Wildman–Crippen MR) is 138 cm³/mol. The largest absolute Gasteiger partial charge is 0.452 e. The van der Waals surface area contributed by atoms with E-state index in [2.05, 4.69) is 21.0 Å². The van der Waals surface area contributed by atoms with Gasteiger partial charge in [0.25, 0.3) is 11.8 Å². The van der Waals surface area contributed by atoms with Gasteiger partial charge < -0.3 is 25.8 Å². The first-order valence-corrected chi connectivity index (χ1v) is 11.6. The van der Waals surface area contributed by atoms with Crippen LogP contribution >= 0.6 is 0 Å². The van der Waals surface area contributed by atoms with Crippen LogP contribution in [0.15, 0.2) is 78.3 Å². The van der Waals surface area contributed by atoms with Gasteiger partial charge in [0.2, 0.25) is 0 Å². The van der Waals surface area contributed by atoms with Gasteiger partial charge >= 0.3 is 0 Å². The van der Waals surface area contributed by atoms with Crippen LogP contribution in [0.3, 0.4) is 0 Å². The van der Waals surface area contributed by atoms with Crippen LogP contribution in [0.4, 0.5) is 20.2 Å². The number of ether oxygens (including phenoxy) is 1. The van der Waals surface area contributed by atoms with E-state index >= 15 is 0 Å². The van der Waals surface area contributed by atoms with Crippen molar-refractivity contribution in [3.63, 3.8) is 0 Å². The molecular weight excluding hydrogens is 496 g/mol. The monoisotopic (exact) mass is 521 g/mol. The van der Waals surface area contributed by atoms with Crippen LogP contribution < -0.4 is 20.7 Å². The van der Waals surface area contributed by atoms with Gasteiger partial charge in [-0.25, -0.2) is 13.3 Å².